The molecule has 6 rings (SSSR count). The summed E-state index contributed by atoms with van der Waals surface area (Å²) in [4.78, 5) is 30.0. The zero-order valence-electron chi connectivity index (χ0n) is 18.3. The smallest absolute Gasteiger partial charge is 0.246 e. The first kappa shape index (κ1) is 22.4. The number of carbonyl (C=O) groups is 2. The number of amides is 2. The van der Waals surface area contributed by atoms with E-state index < -0.39 is 16.7 Å². The molecule has 2 fully saturated rings. The largest absolute Gasteiger partial charge is 0.274 e. The molecule has 1 saturated heterocycles. The average Bonchev–Trinajstić information content (AvgIpc) is 3.44. The van der Waals surface area contributed by atoms with Crippen molar-refractivity contribution in [3.05, 3.63) is 135 Å². The maximum absolute atomic E-state index is 14.5. The van der Waals surface area contributed by atoms with Crippen molar-refractivity contribution < 1.29 is 9.59 Å². The first-order chi connectivity index (χ1) is 16.9. The van der Waals surface area contributed by atoms with Crippen LogP contribution in [-0.2, 0) is 20.4 Å². The van der Waals surface area contributed by atoms with Crippen LogP contribution in [0.3, 0.4) is 0 Å². The van der Waals surface area contributed by atoms with Crippen LogP contribution in [0.25, 0.3) is 0 Å². The molecule has 0 radical (unpaired) electrons. The van der Waals surface area contributed by atoms with Crippen LogP contribution in [0.15, 0.2) is 103 Å². The molecule has 0 aromatic heterocycles. The molecular weight excluding hydrogens is 501 g/mol. The standard InChI is InChI=1S/C29H18Cl3NO2/c30-21-13-11-20(12-14-21)29-25(26(34)33(27(29)35)24-16-22(31)15-23(32)17-24)28(29,18-7-3-1-4-8-18)19-9-5-2-6-10-19/h1-17,25H. The number of carbonyl (C=O) groups excluding carboxylic acids is 2. The molecule has 6 heteroatoms. The molecule has 3 nitrogen and oxygen atoms in total. The Labute approximate surface area is 217 Å². The van der Waals surface area contributed by atoms with Gasteiger partial charge in [-0.2, -0.15) is 0 Å². The van der Waals surface area contributed by atoms with Crippen LogP contribution in [0.2, 0.25) is 15.1 Å². The average molecular weight is 519 g/mol. The van der Waals surface area contributed by atoms with E-state index in [1.54, 1.807) is 30.3 Å². The Kier molecular flexibility index (Phi) is 5.08. The minimum Gasteiger partial charge on any atom is -0.274 e. The molecule has 1 aliphatic carbocycles. The van der Waals surface area contributed by atoms with Gasteiger partial charge >= 0.3 is 0 Å². The highest BCUT2D eigenvalue weighted by Gasteiger charge is 2.89. The predicted molar refractivity (Wildman–Crippen MR) is 139 cm³/mol. The molecule has 2 atom stereocenters. The van der Waals surface area contributed by atoms with Gasteiger partial charge in [0.1, 0.15) is 5.41 Å². The van der Waals surface area contributed by atoms with Crippen molar-refractivity contribution in [1.82, 2.24) is 0 Å². The van der Waals surface area contributed by atoms with E-state index in [2.05, 4.69) is 0 Å². The van der Waals surface area contributed by atoms with Crippen LogP contribution >= 0.6 is 34.8 Å². The molecule has 1 aliphatic heterocycles. The number of hydrogen-bond donors (Lipinski definition) is 0. The molecular formula is C29H18Cl3NO2. The van der Waals surface area contributed by atoms with Gasteiger partial charge < -0.3 is 0 Å². The summed E-state index contributed by atoms with van der Waals surface area (Å²) in [7, 11) is 0. The number of rotatable bonds is 4. The Bertz CT molecular complexity index is 1410. The second-order valence-corrected chi connectivity index (χ2v) is 10.2. The second kappa shape index (κ2) is 7.96. The second-order valence-electron chi connectivity index (χ2n) is 8.89. The molecule has 4 aromatic rings. The number of fused-ring (bicyclic) bond motifs is 1. The third-order valence-corrected chi connectivity index (χ3v) is 7.96. The lowest BCUT2D eigenvalue weighted by atomic mass is 9.76. The van der Waals surface area contributed by atoms with Gasteiger partial charge in [0.2, 0.25) is 11.8 Å². The highest BCUT2D eigenvalue weighted by Crippen LogP contribution is 2.77. The van der Waals surface area contributed by atoms with E-state index in [1.165, 1.54) is 4.90 Å². The summed E-state index contributed by atoms with van der Waals surface area (Å²) in [6.07, 6.45) is 0. The number of nitrogens with zero attached hydrogens (tertiary/aromatic N) is 1. The first-order valence-electron chi connectivity index (χ1n) is 11.1. The minimum atomic E-state index is -1.15. The Hall–Kier alpha value is -3.11. The van der Waals surface area contributed by atoms with Crippen LogP contribution in [0.1, 0.15) is 16.7 Å². The number of piperidine rings is 1. The number of benzene rings is 4. The fourth-order valence-electron chi connectivity index (χ4n) is 6.04. The van der Waals surface area contributed by atoms with Gasteiger partial charge in [0.05, 0.1) is 17.0 Å². The van der Waals surface area contributed by atoms with Crippen molar-refractivity contribution in [2.24, 2.45) is 5.92 Å². The molecule has 1 heterocycles. The quantitative estimate of drug-likeness (QED) is 0.271. The molecule has 35 heavy (non-hydrogen) atoms. The van der Waals surface area contributed by atoms with Crippen LogP contribution in [0, 0.1) is 5.92 Å². The highest BCUT2D eigenvalue weighted by molar-refractivity contribution is 6.37. The lowest BCUT2D eigenvalue weighted by Crippen LogP contribution is -2.44. The summed E-state index contributed by atoms with van der Waals surface area (Å²) in [5.41, 5.74) is 0.928. The number of imide groups is 1. The van der Waals surface area contributed by atoms with Gasteiger partial charge in [-0.25, -0.2) is 4.90 Å². The number of hydrogen-bond acceptors (Lipinski definition) is 2. The zero-order valence-corrected chi connectivity index (χ0v) is 20.6. The van der Waals surface area contributed by atoms with Crippen LogP contribution in [0.5, 0.6) is 0 Å². The molecule has 0 bridgehead atoms. The maximum Gasteiger partial charge on any atom is 0.246 e. The topological polar surface area (TPSA) is 37.4 Å². The van der Waals surface area contributed by atoms with Crippen molar-refractivity contribution in [2.75, 3.05) is 4.90 Å². The molecule has 2 amide bonds. The zero-order chi connectivity index (χ0) is 24.4. The SMILES string of the molecule is O=C1C2C(c3ccc(Cl)cc3)(C(=O)N1c1cc(Cl)cc(Cl)c1)C2(c1ccccc1)c1ccccc1. The van der Waals surface area contributed by atoms with Crippen molar-refractivity contribution in [3.8, 4) is 0 Å². The van der Waals surface area contributed by atoms with E-state index in [9.17, 15) is 9.59 Å². The molecule has 172 valence electrons. The van der Waals surface area contributed by atoms with Gasteiger partial charge in [0, 0.05) is 15.1 Å². The third kappa shape index (κ3) is 2.92. The third-order valence-electron chi connectivity index (χ3n) is 7.28. The van der Waals surface area contributed by atoms with E-state index in [-0.39, 0.29) is 11.8 Å². The summed E-state index contributed by atoms with van der Waals surface area (Å²) >= 11 is 18.7. The van der Waals surface area contributed by atoms with Crippen molar-refractivity contribution in [1.29, 1.82) is 0 Å². The summed E-state index contributed by atoms with van der Waals surface area (Å²) in [6, 6.07) is 31.6. The number of halogens is 3. The van der Waals surface area contributed by atoms with Gasteiger partial charge in [0.15, 0.2) is 0 Å². The highest BCUT2D eigenvalue weighted by atomic mass is 35.5. The lowest BCUT2D eigenvalue weighted by molar-refractivity contribution is -0.124. The van der Waals surface area contributed by atoms with Crippen molar-refractivity contribution in [2.45, 2.75) is 10.8 Å². The summed E-state index contributed by atoms with van der Waals surface area (Å²) < 4.78 is 0. The van der Waals surface area contributed by atoms with Gasteiger partial charge in [0.25, 0.3) is 0 Å². The van der Waals surface area contributed by atoms with Gasteiger partial charge in [-0.05, 0) is 47.0 Å². The van der Waals surface area contributed by atoms with E-state index in [0.717, 1.165) is 16.7 Å². The van der Waals surface area contributed by atoms with E-state index in [0.29, 0.717) is 20.8 Å². The van der Waals surface area contributed by atoms with E-state index in [1.807, 2.05) is 72.8 Å². The molecule has 0 N–H and O–H groups in total. The van der Waals surface area contributed by atoms with Gasteiger partial charge in [-0.3, -0.25) is 9.59 Å². The molecule has 2 aliphatic rings. The molecule has 4 aromatic carbocycles. The molecule has 2 unspecified atom stereocenters. The summed E-state index contributed by atoms with van der Waals surface area (Å²) in [5, 5.41) is 1.26. The Balaban J connectivity index is 1.65. The van der Waals surface area contributed by atoms with Crippen LogP contribution in [-0.4, -0.2) is 11.8 Å². The molecule has 0 spiro atoms. The first-order valence-corrected chi connectivity index (χ1v) is 12.3. The summed E-state index contributed by atoms with van der Waals surface area (Å²) in [5.74, 6) is -1.23. The van der Waals surface area contributed by atoms with Crippen LogP contribution < -0.4 is 4.90 Å². The number of anilines is 1. The van der Waals surface area contributed by atoms with Crippen molar-refractivity contribution in [3.63, 3.8) is 0 Å². The van der Waals surface area contributed by atoms with Crippen LogP contribution in [0.4, 0.5) is 5.69 Å². The fourth-order valence-corrected chi connectivity index (χ4v) is 6.68. The Morgan fingerprint density at radius 2 is 1.06 bits per heavy atom. The Morgan fingerprint density at radius 1 is 0.571 bits per heavy atom. The lowest BCUT2D eigenvalue weighted by Gasteiger charge is -2.31. The van der Waals surface area contributed by atoms with E-state index in [4.69, 9.17) is 34.8 Å². The molecule has 1 saturated carbocycles. The van der Waals surface area contributed by atoms with Gasteiger partial charge in [-0.1, -0.05) is 108 Å². The van der Waals surface area contributed by atoms with E-state index >= 15 is 0 Å². The maximum atomic E-state index is 14.5. The van der Waals surface area contributed by atoms with Gasteiger partial charge in [-0.15, -0.1) is 0 Å². The summed E-state index contributed by atoms with van der Waals surface area (Å²) in [6.45, 7) is 0. The monoisotopic (exact) mass is 517 g/mol. The fraction of sp³-hybridized carbons (Fsp3) is 0.103. The predicted octanol–water partition coefficient (Wildman–Crippen LogP) is 7.07. The normalized spacial score (nSPS) is 22.3. The Morgan fingerprint density at radius 3 is 1.57 bits per heavy atom. The van der Waals surface area contributed by atoms with Crippen molar-refractivity contribution >= 4 is 52.3 Å². The minimum absolute atomic E-state index is 0.281.